The highest BCUT2D eigenvalue weighted by Crippen LogP contribution is 2.59. The first kappa shape index (κ1) is 19.5. The van der Waals surface area contributed by atoms with Gasteiger partial charge in [0.25, 0.3) is 0 Å². The van der Waals surface area contributed by atoms with Gasteiger partial charge in [-0.1, -0.05) is 0 Å². The van der Waals surface area contributed by atoms with Gasteiger partial charge in [-0.25, -0.2) is 14.2 Å². The summed E-state index contributed by atoms with van der Waals surface area (Å²) in [5.41, 5.74) is 8.76. The molecule has 8 rings (SSSR count). The monoisotopic (exact) mass is 450 g/mol. The van der Waals surface area contributed by atoms with E-state index in [2.05, 4.69) is 10.3 Å². The summed E-state index contributed by atoms with van der Waals surface area (Å²) in [6.07, 6.45) is 8.44. The smallest absolute Gasteiger partial charge is 0.330 e. The molecule has 2 unspecified atom stereocenters. The van der Waals surface area contributed by atoms with E-state index < -0.39 is 5.82 Å². The third-order valence-electron chi connectivity index (χ3n) is 8.38. The molecule has 2 atom stereocenters. The van der Waals surface area contributed by atoms with Gasteiger partial charge in [0.15, 0.2) is 5.65 Å². The summed E-state index contributed by atoms with van der Waals surface area (Å²) in [6.45, 7) is 0.559. The number of nitrogens with zero attached hydrogens (tertiary/aromatic N) is 4. The molecule has 0 amide bonds. The number of aromatic nitrogens is 4. The van der Waals surface area contributed by atoms with Crippen LogP contribution in [-0.4, -0.2) is 31.2 Å². The zero-order valence-corrected chi connectivity index (χ0v) is 18.6. The minimum Gasteiger partial charge on any atom is -0.493 e. The number of benzene rings is 1. The van der Waals surface area contributed by atoms with Crippen molar-refractivity contribution in [3.63, 3.8) is 0 Å². The molecule has 2 aromatic heterocycles. The molecule has 4 aliphatic carbocycles. The number of nitrogens with two attached hydrogens (primary N) is 1. The maximum absolute atomic E-state index is 14.7. The highest BCUT2D eigenvalue weighted by atomic mass is 19.1. The van der Waals surface area contributed by atoms with Crippen molar-refractivity contribution in [2.75, 3.05) is 11.9 Å². The molecule has 9 heteroatoms. The summed E-state index contributed by atoms with van der Waals surface area (Å²) < 4.78 is 23.6. The second-order valence-corrected chi connectivity index (χ2v) is 10.8. The second kappa shape index (κ2) is 6.34. The summed E-state index contributed by atoms with van der Waals surface area (Å²) >= 11 is 0. The molecule has 3 heterocycles. The van der Waals surface area contributed by atoms with Gasteiger partial charge in [-0.15, -0.1) is 0 Å². The van der Waals surface area contributed by atoms with Gasteiger partial charge in [0.05, 0.1) is 24.0 Å². The van der Waals surface area contributed by atoms with Crippen LogP contribution in [0.5, 0.6) is 5.75 Å². The SMILES string of the molecule is Cn1c(=O)n(C23CC4CC(CC(N)(C4)C2)C3)c2nc(Nc3cc4c(cc3F)OCC4)ncc21. The summed E-state index contributed by atoms with van der Waals surface area (Å²) in [7, 11) is 1.76. The topological polar surface area (TPSA) is 100.0 Å². The molecule has 8 nitrogen and oxygen atoms in total. The van der Waals surface area contributed by atoms with Gasteiger partial charge in [-0.2, -0.15) is 4.98 Å². The molecular weight excluding hydrogens is 423 g/mol. The fraction of sp³-hybridized carbons (Fsp3) is 0.542. The van der Waals surface area contributed by atoms with E-state index in [0.29, 0.717) is 41.0 Å². The molecule has 1 aliphatic heterocycles. The van der Waals surface area contributed by atoms with Crippen LogP contribution in [0.3, 0.4) is 0 Å². The largest absolute Gasteiger partial charge is 0.493 e. The van der Waals surface area contributed by atoms with E-state index in [-0.39, 0.29) is 22.7 Å². The van der Waals surface area contributed by atoms with Gasteiger partial charge >= 0.3 is 5.69 Å². The predicted molar refractivity (Wildman–Crippen MR) is 121 cm³/mol. The molecule has 4 saturated carbocycles. The van der Waals surface area contributed by atoms with Gasteiger partial charge in [0, 0.05) is 25.1 Å². The van der Waals surface area contributed by atoms with Crippen LogP contribution >= 0.6 is 0 Å². The van der Waals surface area contributed by atoms with Crippen molar-refractivity contribution in [1.82, 2.24) is 19.1 Å². The van der Waals surface area contributed by atoms with Crippen molar-refractivity contribution < 1.29 is 9.13 Å². The first-order valence-electron chi connectivity index (χ1n) is 11.8. The quantitative estimate of drug-likeness (QED) is 0.637. The van der Waals surface area contributed by atoms with Gasteiger partial charge in [0.2, 0.25) is 5.95 Å². The molecule has 3 N–H and O–H groups in total. The van der Waals surface area contributed by atoms with E-state index in [9.17, 15) is 9.18 Å². The number of ether oxygens (including phenoxy) is 1. The Balaban J connectivity index is 1.34. The van der Waals surface area contributed by atoms with E-state index in [0.717, 1.165) is 44.1 Å². The molecule has 4 fully saturated rings. The minimum atomic E-state index is -0.420. The Labute approximate surface area is 190 Å². The summed E-state index contributed by atoms with van der Waals surface area (Å²) in [5, 5.41) is 3.03. The van der Waals surface area contributed by atoms with Crippen LogP contribution in [0.15, 0.2) is 23.1 Å². The standard InChI is InChI=1S/C24H27FN6O2/c1-30-18-11-27-21(28-17-5-15-2-3-33-19(15)6-16(17)25)29-20(18)31(22(30)32)24-9-13-4-14(10-24)8-23(26,7-13)12-24/h5-6,11,13-14H,2-4,7-10,12,26H2,1H3,(H,27,28,29). The van der Waals surface area contributed by atoms with Crippen LogP contribution < -0.4 is 21.5 Å². The number of hydrogen-bond acceptors (Lipinski definition) is 6. The molecule has 172 valence electrons. The summed E-state index contributed by atoms with van der Waals surface area (Å²) in [4.78, 5) is 22.6. The van der Waals surface area contributed by atoms with E-state index in [1.54, 1.807) is 23.9 Å². The average Bonchev–Trinajstić information content (AvgIpc) is 3.28. The van der Waals surface area contributed by atoms with Crippen molar-refractivity contribution in [1.29, 1.82) is 0 Å². The molecule has 0 radical (unpaired) electrons. The Morgan fingerprint density at radius 3 is 2.79 bits per heavy atom. The van der Waals surface area contributed by atoms with Crippen molar-refractivity contribution in [2.45, 2.75) is 56.0 Å². The Morgan fingerprint density at radius 1 is 1.24 bits per heavy atom. The number of imidazole rings is 1. The van der Waals surface area contributed by atoms with E-state index in [1.807, 2.05) is 4.57 Å². The minimum absolute atomic E-state index is 0.0807. The first-order chi connectivity index (χ1) is 15.8. The second-order valence-electron chi connectivity index (χ2n) is 10.8. The third-order valence-corrected chi connectivity index (χ3v) is 8.38. The molecular formula is C24H27FN6O2. The van der Waals surface area contributed by atoms with E-state index in [1.165, 1.54) is 12.5 Å². The van der Waals surface area contributed by atoms with Gasteiger partial charge < -0.3 is 15.8 Å². The number of halogens is 1. The van der Waals surface area contributed by atoms with Crippen LogP contribution in [-0.2, 0) is 19.0 Å². The van der Waals surface area contributed by atoms with E-state index >= 15 is 0 Å². The van der Waals surface area contributed by atoms with Crippen molar-refractivity contribution >= 4 is 22.8 Å². The normalized spacial score (nSPS) is 31.7. The zero-order valence-electron chi connectivity index (χ0n) is 18.6. The Hall–Kier alpha value is -2.94. The van der Waals surface area contributed by atoms with Crippen LogP contribution in [0.1, 0.15) is 44.1 Å². The molecule has 5 aliphatic rings. The maximum atomic E-state index is 14.7. The number of rotatable bonds is 3. The average molecular weight is 451 g/mol. The lowest BCUT2D eigenvalue weighted by Crippen LogP contribution is -2.64. The molecule has 3 aromatic rings. The number of aryl methyl sites for hydroxylation is 1. The Kier molecular flexibility index (Phi) is 3.75. The number of anilines is 2. The third kappa shape index (κ3) is 2.74. The van der Waals surface area contributed by atoms with E-state index in [4.69, 9.17) is 15.5 Å². The zero-order chi connectivity index (χ0) is 22.5. The molecule has 1 aromatic carbocycles. The first-order valence-corrected chi connectivity index (χ1v) is 11.8. The Bertz CT molecular complexity index is 1360. The van der Waals surface area contributed by atoms with Crippen LogP contribution in [0.25, 0.3) is 11.2 Å². The number of nitrogens with one attached hydrogen (secondary N) is 1. The number of fused-ring (bicyclic) bond motifs is 2. The lowest BCUT2D eigenvalue weighted by atomic mass is 9.50. The van der Waals surface area contributed by atoms with Crippen molar-refractivity contribution in [3.8, 4) is 5.75 Å². The highest BCUT2D eigenvalue weighted by molar-refractivity contribution is 5.73. The molecule has 0 spiro atoms. The Morgan fingerprint density at radius 2 is 2.03 bits per heavy atom. The van der Waals surface area contributed by atoms with Gasteiger partial charge in [0.1, 0.15) is 17.1 Å². The maximum Gasteiger partial charge on any atom is 0.330 e. The van der Waals surface area contributed by atoms with Crippen LogP contribution in [0, 0.1) is 17.7 Å². The number of hydrogen-bond donors (Lipinski definition) is 2. The summed E-state index contributed by atoms with van der Waals surface area (Å²) in [5.74, 6) is 1.55. The molecule has 0 saturated heterocycles. The molecule has 33 heavy (non-hydrogen) atoms. The predicted octanol–water partition coefficient (Wildman–Crippen LogP) is 2.95. The van der Waals surface area contributed by atoms with Crippen LogP contribution in [0.4, 0.5) is 16.0 Å². The fourth-order valence-electron chi connectivity index (χ4n) is 7.56. The summed E-state index contributed by atoms with van der Waals surface area (Å²) in [6, 6.07) is 3.15. The van der Waals surface area contributed by atoms with Crippen LogP contribution in [0.2, 0.25) is 0 Å². The van der Waals surface area contributed by atoms with Crippen molar-refractivity contribution in [3.05, 3.63) is 40.2 Å². The lowest BCUT2D eigenvalue weighted by Gasteiger charge is -2.61. The highest BCUT2D eigenvalue weighted by Gasteiger charge is 2.58. The fourth-order valence-corrected chi connectivity index (χ4v) is 7.56. The lowest BCUT2D eigenvalue weighted by molar-refractivity contribution is -0.0576. The molecule has 4 bridgehead atoms. The van der Waals surface area contributed by atoms with Crippen molar-refractivity contribution in [2.24, 2.45) is 24.6 Å². The van der Waals surface area contributed by atoms with Gasteiger partial charge in [-0.05, 0) is 62.0 Å². The van der Waals surface area contributed by atoms with Gasteiger partial charge in [-0.3, -0.25) is 9.13 Å².